The van der Waals surface area contributed by atoms with Crippen molar-refractivity contribution in [3.05, 3.63) is 95.3 Å². The van der Waals surface area contributed by atoms with Crippen molar-refractivity contribution in [2.24, 2.45) is 0 Å². The molecule has 0 saturated carbocycles. The number of hydrogen-bond donors (Lipinski definition) is 4. The van der Waals surface area contributed by atoms with Gasteiger partial charge in [0.2, 0.25) is 17.7 Å². The fraction of sp³-hybridized carbons (Fsp3) is 0.333. The Morgan fingerprint density at radius 2 is 1.50 bits per heavy atom. The van der Waals surface area contributed by atoms with E-state index in [1.165, 1.54) is 12.1 Å². The zero-order valence-corrected chi connectivity index (χ0v) is 24.6. The van der Waals surface area contributed by atoms with Crippen LogP contribution in [0.3, 0.4) is 0 Å². The van der Waals surface area contributed by atoms with Gasteiger partial charge >= 0.3 is 0 Å². The van der Waals surface area contributed by atoms with Gasteiger partial charge in [0, 0.05) is 30.6 Å². The van der Waals surface area contributed by atoms with Crippen molar-refractivity contribution in [1.29, 1.82) is 0 Å². The molecule has 1 unspecified atom stereocenters. The minimum Gasteiger partial charge on any atom is -0.353 e. The summed E-state index contributed by atoms with van der Waals surface area (Å²) in [6.07, 6.45) is 0.443. The molecule has 0 bridgehead atoms. The Hall–Kier alpha value is -4.53. The molecule has 0 heterocycles. The molecule has 0 aromatic heterocycles. The van der Waals surface area contributed by atoms with Crippen LogP contribution in [0.1, 0.15) is 55.1 Å². The van der Waals surface area contributed by atoms with Crippen LogP contribution in [0.15, 0.2) is 72.8 Å². The Kier molecular flexibility index (Phi) is 11.4. The van der Waals surface area contributed by atoms with Crippen LogP contribution >= 0.6 is 0 Å². The van der Waals surface area contributed by atoms with Gasteiger partial charge in [0.15, 0.2) is 0 Å². The Morgan fingerprint density at radius 1 is 0.810 bits per heavy atom. The van der Waals surface area contributed by atoms with Crippen molar-refractivity contribution < 1.29 is 23.6 Å². The van der Waals surface area contributed by atoms with Gasteiger partial charge in [-0.05, 0) is 74.6 Å². The van der Waals surface area contributed by atoms with E-state index in [-0.39, 0.29) is 49.5 Å². The molecule has 0 spiro atoms. The minimum absolute atomic E-state index is 0.0878. The number of benzene rings is 3. The van der Waals surface area contributed by atoms with Gasteiger partial charge in [-0.1, -0.05) is 54.6 Å². The van der Waals surface area contributed by atoms with Crippen LogP contribution in [-0.4, -0.2) is 48.3 Å². The van der Waals surface area contributed by atoms with E-state index >= 15 is 0 Å². The maximum Gasteiger partial charge on any atom is 0.251 e. The van der Waals surface area contributed by atoms with Gasteiger partial charge in [-0.25, -0.2) is 4.39 Å². The molecular weight excluding hydrogens is 535 g/mol. The molecule has 0 fully saturated rings. The van der Waals surface area contributed by atoms with Crippen molar-refractivity contribution in [1.82, 2.24) is 21.3 Å². The summed E-state index contributed by atoms with van der Waals surface area (Å²) in [5, 5.41) is 11.0. The summed E-state index contributed by atoms with van der Waals surface area (Å²) in [5.41, 5.74) is 3.04. The first kappa shape index (κ1) is 32.0. The van der Waals surface area contributed by atoms with Gasteiger partial charge < -0.3 is 21.3 Å². The molecule has 3 rings (SSSR count). The zero-order valence-electron chi connectivity index (χ0n) is 24.6. The fourth-order valence-electron chi connectivity index (χ4n) is 4.33. The highest BCUT2D eigenvalue weighted by Gasteiger charge is 2.25. The van der Waals surface area contributed by atoms with E-state index in [0.717, 1.165) is 11.1 Å². The topological polar surface area (TPSA) is 116 Å². The third kappa shape index (κ3) is 10.5. The third-order valence-corrected chi connectivity index (χ3v) is 6.39. The molecule has 4 amide bonds. The van der Waals surface area contributed by atoms with E-state index in [1.54, 1.807) is 31.2 Å². The lowest BCUT2D eigenvalue weighted by Crippen LogP contribution is -2.51. The summed E-state index contributed by atoms with van der Waals surface area (Å²) in [6.45, 7) is 7.51. The van der Waals surface area contributed by atoms with Gasteiger partial charge in [-0.3, -0.25) is 19.2 Å². The van der Waals surface area contributed by atoms with Crippen LogP contribution in [0.25, 0.3) is 11.1 Å². The van der Waals surface area contributed by atoms with Crippen LogP contribution in [0.4, 0.5) is 4.39 Å². The molecule has 0 aliphatic heterocycles. The van der Waals surface area contributed by atoms with Crippen LogP contribution < -0.4 is 21.3 Å². The van der Waals surface area contributed by atoms with Crippen LogP contribution in [-0.2, 0) is 20.8 Å². The molecule has 222 valence electrons. The van der Waals surface area contributed by atoms with Crippen molar-refractivity contribution in [3.8, 4) is 11.1 Å². The summed E-state index contributed by atoms with van der Waals surface area (Å²) >= 11 is 0. The average molecular weight is 575 g/mol. The normalized spacial score (nSPS) is 11.7. The highest BCUT2D eigenvalue weighted by molar-refractivity contribution is 5.97. The first-order chi connectivity index (χ1) is 19.9. The van der Waals surface area contributed by atoms with Crippen LogP contribution in [0.2, 0.25) is 0 Å². The first-order valence-electron chi connectivity index (χ1n) is 14.0. The Morgan fingerprint density at radius 3 is 2.19 bits per heavy atom. The monoisotopic (exact) mass is 574 g/mol. The van der Waals surface area contributed by atoms with E-state index in [1.807, 2.05) is 57.2 Å². The maximum atomic E-state index is 13.7. The zero-order chi connectivity index (χ0) is 30.7. The molecule has 9 heteroatoms. The smallest absolute Gasteiger partial charge is 0.251 e. The summed E-state index contributed by atoms with van der Waals surface area (Å²) in [6, 6.07) is 19.9. The van der Waals surface area contributed by atoms with Gasteiger partial charge in [0.05, 0.1) is 6.42 Å². The molecule has 42 heavy (non-hydrogen) atoms. The van der Waals surface area contributed by atoms with E-state index < -0.39 is 17.5 Å². The van der Waals surface area contributed by atoms with E-state index in [2.05, 4.69) is 21.3 Å². The highest BCUT2D eigenvalue weighted by Crippen LogP contribution is 2.23. The largest absolute Gasteiger partial charge is 0.353 e. The number of aryl methyl sites for hydroxylation is 2. The van der Waals surface area contributed by atoms with Crippen LogP contribution in [0, 0.1) is 12.7 Å². The lowest BCUT2D eigenvalue weighted by atomic mass is 9.99. The molecule has 3 aromatic rings. The SMILES string of the molecule is Cc1ccc(-c2cccc(F)c2)cc1C(=O)NCCNC(=O)C(CC(=O)NC(C)(C)C)NC(=O)CCc1ccccc1. The molecule has 1 atom stereocenters. The number of carbonyl (C=O) groups excluding carboxylic acids is 4. The minimum atomic E-state index is -1.07. The maximum absolute atomic E-state index is 13.7. The number of halogens is 1. The van der Waals surface area contributed by atoms with Crippen LogP contribution in [0.5, 0.6) is 0 Å². The average Bonchev–Trinajstić information content (AvgIpc) is 2.93. The Bertz CT molecular complexity index is 1400. The second-order valence-corrected chi connectivity index (χ2v) is 11.2. The Labute approximate surface area is 246 Å². The Balaban J connectivity index is 1.57. The van der Waals surface area contributed by atoms with Gasteiger partial charge in [0.25, 0.3) is 5.91 Å². The van der Waals surface area contributed by atoms with Crippen molar-refractivity contribution >= 4 is 23.6 Å². The van der Waals surface area contributed by atoms with Crippen molar-refractivity contribution in [2.45, 2.75) is 58.5 Å². The summed E-state index contributed by atoms with van der Waals surface area (Å²) in [5.74, 6) is -1.94. The van der Waals surface area contributed by atoms with E-state index in [9.17, 15) is 23.6 Å². The number of carbonyl (C=O) groups is 4. The van der Waals surface area contributed by atoms with Gasteiger partial charge in [-0.2, -0.15) is 0 Å². The predicted molar refractivity (Wildman–Crippen MR) is 161 cm³/mol. The van der Waals surface area contributed by atoms with Crippen molar-refractivity contribution in [3.63, 3.8) is 0 Å². The van der Waals surface area contributed by atoms with E-state index in [4.69, 9.17) is 0 Å². The second-order valence-electron chi connectivity index (χ2n) is 11.2. The molecule has 3 aromatic carbocycles. The van der Waals surface area contributed by atoms with Gasteiger partial charge in [-0.15, -0.1) is 0 Å². The number of rotatable bonds is 12. The molecule has 8 nitrogen and oxygen atoms in total. The quantitative estimate of drug-likeness (QED) is 0.244. The molecule has 0 radical (unpaired) electrons. The molecular formula is C33H39FN4O4. The van der Waals surface area contributed by atoms with Crippen molar-refractivity contribution in [2.75, 3.05) is 13.1 Å². The fourth-order valence-corrected chi connectivity index (χ4v) is 4.33. The molecule has 4 N–H and O–H groups in total. The lowest BCUT2D eigenvalue weighted by Gasteiger charge is -2.23. The molecule has 0 aliphatic carbocycles. The summed E-state index contributed by atoms with van der Waals surface area (Å²) < 4.78 is 13.7. The lowest BCUT2D eigenvalue weighted by molar-refractivity contribution is -0.132. The number of nitrogens with one attached hydrogen (secondary N) is 4. The van der Waals surface area contributed by atoms with E-state index in [0.29, 0.717) is 23.1 Å². The summed E-state index contributed by atoms with van der Waals surface area (Å²) in [7, 11) is 0. The van der Waals surface area contributed by atoms with Gasteiger partial charge in [0.1, 0.15) is 11.9 Å². The second kappa shape index (κ2) is 14.9. The summed E-state index contributed by atoms with van der Waals surface area (Å²) in [4.78, 5) is 51.1. The molecule has 0 aliphatic rings. The highest BCUT2D eigenvalue weighted by atomic mass is 19.1. The third-order valence-electron chi connectivity index (χ3n) is 6.39. The number of hydrogen-bond acceptors (Lipinski definition) is 4. The standard InChI is InChI=1S/C33H39FN4O4/c1-22-13-15-25(24-11-8-12-26(34)19-24)20-27(22)31(41)35-17-18-36-32(42)28(21-30(40)38-33(2,3)4)37-29(39)16-14-23-9-6-5-7-10-23/h5-13,15,19-20,28H,14,16-18,21H2,1-4H3,(H,35,41)(H,36,42)(H,37,39)(H,38,40). The predicted octanol–water partition coefficient (Wildman–Crippen LogP) is 4.07. The molecule has 0 saturated heterocycles. The number of amides is 4. The first-order valence-corrected chi connectivity index (χ1v) is 14.0.